The number of oxazole rings is 1. The van der Waals surface area contributed by atoms with Gasteiger partial charge in [-0.1, -0.05) is 15.9 Å². The highest BCUT2D eigenvalue weighted by molar-refractivity contribution is 9.10. The Kier molecular flexibility index (Phi) is 3.90. The van der Waals surface area contributed by atoms with Gasteiger partial charge in [0.1, 0.15) is 11.8 Å². The van der Waals surface area contributed by atoms with Crippen LogP contribution in [0.4, 0.5) is 5.69 Å². The third kappa shape index (κ3) is 3.14. The monoisotopic (exact) mass is 324 g/mol. The van der Waals surface area contributed by atoms with Crippen molar-refractivity contribution >= 4 is 27.6 Å². The van der Waals surface area contributed by atoms with Crippen molar-refractivity contribution in [3.63, 3.8) is 0 Å². The average Bonchev–Trinajstić information content (AvgIpc) is 2.75. The topological polar surface area (TPSA) is 75.4 Å². The van der Waals surface area contributed by atoms with Crippen LogP contribution in [-0.2, 0) is 0 Å². The molecule has 0 aliphatic heterocycles. The number of nitrogens with one attached hydrogen (secondary N) is 1. The Morgan fingerprint density at radius 1 is 1.53 bits per heavy atom. The van der Waals surface area contributed by atoms with Crippen LogP contribution in [0.3, 0.4) is 0 Å². The predicted octanol–water partition coefficient (Wildman–Crippen LogP) is 3.62. The van der Waals surface area contributed by atoms with Gasteiger partial charge in [-0.05, 0) is 32.0 Å². The molecule has 0 bridgehead atoms. The van der Waals surface area contributed by atoms with Crippen molar-refractivity contribution in [1.82, 2.24) is 4.98 Å². The highest BCUT2D eigenvalue weighted by atomic mass is 79.9. The maximum Gasteiger partial charge on any atom is 0.337 e. The highest BCUT2D eigenvalue weighted by Crippen LogP contribution is 2.25. The van der Waals surface area contributed by atoms with Crippen LogP contribution in [0.2, 0.25) is 0 Å². The summed E-state index contributed by atoms with van der Waals surface area (Å²) >= 11 is 3.32. The molecule has 0 aliphatic rings. The van der Waals surface area contributed by atoms with Gasteiger partial charge in [0, 0.05) is 4.47 Å². The Labute approximate surface area is 118 Å². The fourth-order valence-electron chi connectivity index (χ4n) is 1.69. The maximum atomic E-state index is 11.2. The van der Waals surface area contributed by atoms with Crippen LogP contribution in [0.5, 0.6) is 0 Å². The highest BCUT2D eigenvalue weighted by Gasteiger charge is 2.16. The molecule has 0 radical (unpaired) electrons. The fourth-order valence-corrected chi connectivity index (χ4v) is 2.05. The van der Waals surface area contributed by atoms with Crippen LogP contribution in [0.1, 0.15) is 35.0 Å². The third-order valence-corrected chi connectivity index (χ3v) is 3.09. The largest absolute Gasteiger partial charge is 0.478 e. The van der Waals surface area contributed by atoms with Crippen molar-refractivity contribution in [2.24, 2.45) is 0 Å². The summed E-state index contributed by atoms with van der Waals surface area (Å²) in [5, 5.41) is 12.2. The summed E-state index contributed by atoms with van der Waals surface area (Å²) in [6.07, 6.45) is 1.63. The summed E-state index contributed by atoms with van der Waals surface area (Å²) in [5.74, 6) is 0.260. The number of hydrogen-bond donors (Lipinski definition) is 2. The number of aryl methyl sites for hydroxylation is 1. The Hall–Kier alpha value is -1.82. The Morgan fingerprint density at radius 2 is 2.26 bits per heavy atom. The summed E-state index contributed by atoms with van der Waals surface area (Å²) in [6.45, 7) is 3.67. The van der Waals surface area contributed by atoms with Crippen molar-refractivity contribution in [3.8, 4) is 0 Å². The Morgan fingerprint density at radius 3 is 2.84 bits per heavy atom. The first-order chi connectivity index (χ1) is 8.97. The molecule has 1 aromatic heterocycles. The molecule has 0 spiro atoms. The molecule has 0 saturated carbocycles. The molecule has 19 heavy (non-hydrogen) atoms. The molecule has 0 aliphatic carbocycles. The first-order valence-corrected chi connectivity index (χ1v) is 6.48. The molecule has 6 heteroatoms. The molecular formula is C13H13BrN2O3. The zero-order chi connectivity index (χ0) is 14.0. The summed E-state index contributed by atoms with van der Waals surface area (Å²) in [6, 6.07) is 4.73. The lowest BCUT2D eigenvalue weighted by atomic mass is 10.1. The van der Waals surface area contributed by atoms with Crippen molar-refractivity contribution in [2.75, 3.05) is 5.32 Å². The van der Waals surface area contributed by atoms with Gasteiger partial charge in [-0.3, -0.25) is 0 Å². The lowest BCUT2D eigenvalue weighted by Gasteiger charge is -2.14. The predicted molar refractivity (Wildman–Crippen MR) is 74.4 cm³/mol. The van der Waals surface area contributed by atoms with Crippen molar-refractivity contribution in [3.05, 3.63) is 46.1 Å². The van der Waals surface area contributed by atoms with Gasteiger partial charge in [0.25, 0.3) is 0 Å². The minimum atomic E-state index is -0.981. The SMILES string of the molecule is Cc1cnc(C(C)Nc2cc(Br)ccc2C(=O)O)o1. The number of rotatable bonds is 4. The molecule has 1 unspecified atom stereocenters. The summed E-state index contributed by atoms with van der Waals surface area (Å²) in [4.78, 5) is 15.3. The lowest BCUT2D eigenvalue weighted by molar-refractivity contribution is 0.0698. The Balaban J connectivity index is 2.27. The molecule has 1 aromatic carbocycles. The van der Waals surface area contributed by atoms with E-state index in [1.165, 1.54) is 0 Å². The van der Waals surface area contributed by atoms with E-state index in [2.05, 4.69) is 26.2 Å². The van der Waals surface area contributed by atoms with E-state index in [9.17, 15) is 4.79 Å². The number of carboxylic acids is 1. The molecule has 0 amide bonds. The first kappa shape index (κ1) is 13.6. The van der Waals surface area contributed by atoms with E-state index in [0.717, 1.165) is 10.2 Å². The molecule has 5 nitrogen and oxygen atoms in total. The van der Waals surface area contributed by atoms with Crippen LogP contribution in [0.15, 0.2) is 33.3 Å². The summed E-state index contributed by atoms with van der Waals surface area (Å²) in [7, 11) is 0. The number of hydrogen-bond acceptors (Lipinski definition) is 4. The van der Waals surface area contributed by atoms with E-state index in [1.807, 2.05) is 13.8 Å². The van der Waals surface area contributed by atoms with E-state index in [0.29, 0.717) is 11.6 Å². The normalized spacial score (nSPS) is 12.2. The summed E-state index contributed by atoms with van der Waals surface area (Å²) in [5.41, 5.74) is 0.726. The van der Waals surface area contributed by atoms with E-state index < -0.39 is 5.97 Å². The molecule has 100 valence electrons. The number of halogens is 1. The second-order valence-corrected chi connectivity index (χ2v) is 5.09. The molecular weight excluding hydrogens is 312 g/mol. The zero-order valence-electron chi connectivity index (χ0n) is 10.5. The molecule has 2 N–H and O–H groups in total. The van der Waals surface area contributed by atoms with E-state index >= 15 is 0 Å². The number of anilines is 1. The van der Waals surface area contributed by atoms with Gasteiger partial charge in [-0.25, -0.2) is 9.78 Å². The van der Waals surface area contributed by atoms with Gasteiger partial charge in [0.15, 0.2) is 0 Å². The van der Waals surface area contributed by atoms with E-state index in [1.54, 1.807) is 24.4 Å². The van der Waals surface area contributed by atoms with Gasteiger partial charge in [0.05, 0.1) is 17.4 Å². The number of carbonyl (C=O) groups is 1. The molecule has 0 saturated heterocycles. The maximum absolute atomic E-state index is 11.2. The lowest BCUT2D eigenvalue weighted by Crippen LogP contribution is -2.11. The number of carboxylic acid groups (broad SMARTS) is 1. The minimum Gasteiger partial charge on any atom is -0.478 e. The van der Waals surface area contributed by atoms with Crippen molar-refractivity contribution < 1.29 is 14.3 Å². The molecule has 2 rings (SSSR count). The van der Waals surface area contributed by atoms with Crippen LogP contribution in [0.25, 0.3) is 0 Å². The summed E-state index contributed by atoms with van der Waals surface area (Å²) < 4.78 is 6.22. The fraction of sp³-hybridized carbons (Fsp3) is 0.231. The number of benzene rings is 1. The Bertz CT molecular complexity index is 610. The van der Waals surface area contributed by atoms with Gasteiger partial charge < -0.3 is 14.8 Å². The standard InChI is InChI=1S/C13H13BrN2O3/c1-7-6-15-12(19-7)8(2)16-11-5-9(14)3-4-10(11)13(17)18/h3-6,8,16H,1-2H3,(H,17,18). The van der Waals surface area contributed by atoms with Crippen molar-refractivity contribution in [1.29, 1.82) is 0 Å². The number of nitrogens with zero attached hydrogens (tertiary/aromatic N) is 1. The average molecular weight is 325 g/mol. The van der Waals surface area contributed by atoms with Crippen LogP contribution < -0.4 is 5.32 Å². The van der Waals surface area contributed by atoms with Gasteiger partial charge in [0.2, 0.25) is 5.89 Å². The molecule has 1 atom stereocenters. The third-order valence-electron chi connectivity index (χ3n) is 2.59. The molecule has 0 fully saturated rings. The van der Waals surface area contributed by atoms with E-state index in [4.69, 9.17) is 9.52 Å². The van der Waals surface area contributed by atoms with Gasteiger partial charge >= 0.3 is 5.97 Å². The quantitative estimate of drug-likeness (QED) is 0.898. The smallest absolute Gasteiger partial charge is 0.337 e. The van der Waals surface area contributed by atoms with Gasteiger partial charge in [-0.2, -0.15) is 0 Å². The second-order valence-electron chi connectivity index (χ2n) is 4.17. The minimum absolute atomic E-state index is 0.207. The van der Waals surface area contributed by atoms with E-state index in [-0.39, 0.29) is 11.6 Å². The van der Waals surface area contributed by atoms with Crippen molar-refractivity contribution in [2.45, 2.75) is 19.9 Å². The number of aromatic carboxylic acids is 1. The molecule has 1 heterocycles. The number of aromatic nitrogens is 1. The molecule has 2 aromatic rings. The second kappa shape index (κ2) is 5.44. The zero-order valence-corrected chi connectivity index (χ0v) is 12.1. The van der Waals surface area contributed by atoms with Crippen LogP contribution >= 0.6 is 15.9 Å². The first-order valence-electron chi connectivity index (χ1n) is 5.69. The van der Waals surface area contributed by atoms with Crippen LogP contribution in [-0.4, -0.2) is 16.1 Å². The van der Waals surface area contributed by atoms with Gasteiger partial charge in [-0.15, -0.1) is 0 Å². The van der Waals surface area contributed by atoms with Crippen LogP contribution in [0, 0.1) is 6.92 Å².